The summed E-state index contributed by atoms with van der Waals surface area (Å²) in [5.74, 6) is 0.165. The van der Waals surface area contributed by atoms with Gasteiger partial charge in [-0.3, -0.25) is 15.1 Å². The summed E-state index contributed by atoms with van der Waals surface area (Å²) in [7, 11) is 3.00. The second-order valence-electron chi connectivity index (χ2n) is 8.07. The lowest BCUT2D eigenvalue weighted by molar-refractivity contribution is -0.114. The van der Waals surface area contributed by atoms with E-state index >= 15 is 0 Å². The minimum atomic E-state index is -0.561. The Bertz CT molecular complexity index is 1560. The highest BCUT2D eigenvalue weighted by molar-refractivity contribution is 8.17. The quantitative estimate of drug-likeness (QED) is 0.234. The molecule has 0 aliphatic carbocycles. The fourth-order valence-electron chi connectivity index (χ4n) is 3.89. The van der Waals surface area contributed by atoms with E-state index in [0.717, 1.165) is 5.56 Å². The maximum atomic E-state index is 12.8. The van der Waals surface area contributed by atoms with Gasteiger partial charge in [-0.2, -0.15) is 4.99 Å². The standard InChI is InChI=1S/C28H20ClN3O5S/c1-35-23-12-9-17(14-24(23)36-2)27(34)37-18-10-7-16(8-11-18)13-20-25(30)32-22(15-38-28(32)31-26(20)33)19-5-3-4-6-21(19)29/h3-15,30H,1-2H3/b20-13-,30-25?. The smallest absolute Gasteiger partial charge is 0.343 e. The lowest BCUT2D eigenvalue weighted by Crippen LogP contribution is -2.38. The SMILES string of the molecule is COc1ccc(C(=O)Oc2ccc(/C=C3/C(=N)N4C(c5ccccc5Cl)=CSC4=NC3=O)cc2)cc1OC. The normalized spacial score (nSPS) is 15.7. The van der Waals surface area contributed by atoms with Crippen LogP contribution in [0.2, 0.25) is 5.02 Å². The van der Waals surface area contributed by atoms with Crippen LogP contribution in [0.5, 0.6) is 17.2 Å². The van der Waals surface area contributed by atoms with E-state index in [1.807, 2.05) is 23.6 Å². The molecule has 0 unspecified atom stereocenters. The fraction of sp³-hybridized carbons (Fsp3) is 0.0714. The van der Waals surface area contributed by atoms with Crippen molar-refractivity contribution in [3.63, 3.8) is 0 Å². The van der Waals surface area contributed by atoms with Crippen molar-refractivity contribution in [2.24, 2.45) is 4.99 Å². The number of nitrogens with zero attached hydrogens (tertiary/aromatic N) is 2. The first-order valence-electron chi connectivity index (χ1n) is 11.3. The molecule has 1 amide bonds. The van der Waals surface area contributed by atoms with Crippen LogP contribution >= 0.6 is 23.4 Å². The topological polar surface area (TPSA) is 101 Å². The summed E-state index contributed by atoms with van der Waals surface area (Å²) in [5, 5.41) is 11.5. The zero-order valence-electron chi connectivity index (χ0n) is 20.2. The molecule has 10 heteroatoms. The van der Waals surface area contributed by atoms with Gasteiger partial charge in [0, 0.05) is 16.0 Å². The van der Waals surface area contributed by atoms with Crippen molar-refractivity contribution in [3.05, 3.63) is 99.4 Å². The Kier molecular flexibility index (Phi) is 7.04. The lowest BCUT2D eigenvalue weighted by atomic mass is 10.1. The number of rotatable bonds is 6. The molecule has 0 saturated heterocycles. The second kappa shape index (κ2) is 10.6. The molecule has 8 nitrogen and oxygen atoms in total. The number of thioether (sulfide) groups is 1. The minimum absolute atomic E-state index is 0.000118. The first kappa shape index (κ1) is 25.3. The lowest BCUT2D eigenvalue weighted by Gasteiger charge is -2.27. The van der Waals surface area contributed by atoms with Crippen LogP contribution in [0.4, 0.5) is 0 Å². The predicted molar refractivity (Wildman–Crippen MR) is 148 cm³/mol. The van der Waals surface area contributed by atoms with Crippen molar-refractivity contribution in [1.82, 2.24) is 4.90 Å². The molecule has 0 aromatic heterocycles. The summed E-state index contributed by atoms with van der Waals surface area (Å²) >= 11 is 7.65. The molecule has 2 aliphatic heterocycles. The highest BCUT2D eigenvalue weighted by Crippen LogP contribution is 2.39. The molecule has 3 aromatic rings. The highest BCUT2D eigenvalue weighted by Gasteiger charge is 2.36. The van der Waals surface area contributed by atoms with Crippen LogP contribution in [0.25, 0.3) is 11.8 Å². The van der Waals surface area contributed by atoms with E-state index in [4.69, 9.17) is 31.2 Å². The first-order chi connectivity index (χ1) is 18.4. The van der Waals surface area contributed by atoms with Gasteiger partial charge in [0.1, 0.15) is 11.6 Å². The number of hydrogen-bond donors (Lipinski definition) is 1. The minimum Gasteiger partial charge on any atom is -0.493 e. The maximum absolute atomic E-state index is 12.8. The van der Waals surface area contributed by atoms with E-state index < -0.39 is 11.9 Å². The Labute approximate surface area is 227 Å². The molecule has 0 radical (unpaired) electrons. The number of hydrogen-bond acceptors (Lipinski definition) is 7. The van der Waals surface area contributed by atoms with Crippen LogP contribution in [0.15, 0.2) is 82.7 Å². The summed E-state index contributed by atoms with van der Waals surface area (Å²) in [5.41, 5.74) is 2.49. The molecule has 2 heterocycles. The van der Waals surface area contributed by atoms with Crippen molar-refractivity contribution in [2.75, 3.05) is 14.2 Å². The number of amidine groups is 2. The van der Waals surface area contributed by atoms with Gasteiger partial charge in [0.25, 0.3) is 5.91 Å². The van der Waals surface area contributed by atoms with Crippen molar-refractivity contribution in [3.8, 4) is 17.2 Å². The fourth-order valence-corrected chi connectivity index (χ4v) is 5.00. The highest BCUT2D eigenvalue weighted by atomic mass is 35.5. The van der Waals surface area contributed by atoms with Gasteiger partial charge in [-0.1, -0.05) is 53.7 Å². The second-order valence-corrected chi connectivity index (χ2v) is 9.31. The molecular weight excluding hydrogens is 526 g/mol. The number of esters is 1. The number of carbonyl (C=O) groups is 2. The maximum Gasteiger partial charge on any atom is 0.343 e. The Balaban J connectivity index is 1.35. The molecule has 2 aliphatic rings. The summed E-state index contributed by atoms with van der Waals surface area (Å²) in [6.07, 6.45) is 1.58. The first-order valence-corrected chi connectivity index (χ1v) is 12.5. The summed E-state index contributed by atoms with van der Waals surface area (Å²) < 4.78 is 15.9. The number of halogens is 1. The third-order valence-electron chi connectivity index (χ3n) is 5.79. The van der Waals surface area contributed by atoms with Crippen molar-refractivity contribution in [1.29, 1.82) is 5.41 Å². The van der Waals surface area contributed by atoms with E-state index in [0.29, 0.717) is 44.3 Å². The van der Waals surface area contributed by atoms with Gasteiger partial charge in [0.15, 0.2) is 16.7 Å². The summed E-state index contributed by atoms with van der Waals surface area (Å²) in [4.78, 5) is 31.1. The summed E-state index contributed by atoms with van der Waals surface area (Å²) in [6.45, 7) is 0. The molecule has 5 rings (SSSR count). The van der Waals surface area contributed by atoms with E-state index in [2.05, 4.69) is 4.99 Å². The van der Waals surface area contributed by atoms with Crippen LogP contribution in [0, 0.1) is 5.41 Å². The van der Waals surface area contributed by atoms with Crippen molar-refractivity contribution in [2.45, 2.75) is 0 Å². The van der Waals surface area contributed by atoms with Gasteiger partial charge >= 0.3 is 5.97 Å². The van der Waals surface area contributed by atoms with Crippen LogP contribution < -0.4 is 14.2 Å². The number of amides is 1. The van der Waals surface area contributed by atoms with Crippen molar-refractivity contribution < 1.29 is 23.8 Å². The molecule has 3 aromatic carbocycles. The van der Waals surface area contributed by atoms with Crippen LogP contribution in [0.3, 0.4) is 0 Å². The molecule has 0 bridgehead atoms. The molecule has 0 spiro atoms. The number of nitrogens with one attached hydrogen (secondary N) is 1. The van der Waals surface area contributed by atoms with E-state index in [-0.39, 0.29) is 11.4 Å². The van der Waals surface area contributed by atoms with Crippen molar-refractivity contribution >= 4 is 58.0 Å². The van der Waals surface area contributed by atoms with E-state index in [1.165, 1.54) is 32.0 Å². The van der Waals surface area contributed by atoms with Crippen LogP contribution in [-0.4, -0.2) is 42.0 Å². The van der Waals surface area contributed by atoms with Crippen LogP contribution in [0.1, 0.15) is 21.5 Å². The largest absolute Gasteiger partial charge is 0.493 e. The van der Waals surface area contributed by atoms with Crippen LogP contribution in [-0.2, 0) is 4.79 Å². The molecule has 190 valence electrons. The number of benzene rings is 3. The molecule has 38 heavy (non-hydrogen) atoms. The average molecular weight is 546 g/mol. The number of ether oxygens (including phenoxy) is 3. The average Bonchev–Trinajstić information content (AvgIpc) is 3.35. The van der Waals surface area contributed by atoms with Gasteiger partial charge in [-0.05, 0) is 48.0 Å². The Morgan fingerprint density at radius 1 is 1.03 bits per heavy atom. The molecule has 0 saturated carbocycles. The third kappa shape index (κ3) is 4.81. The van der Waals surface area contributed by atoms with Gasteiger partial charge < -0.3 is 14.2 Å². The zero-order valence-corrected chi connectivity index (χ0v) is 21.8. The Morgan fingerprint density at radius 3 is 2.47 bits per heavy atom. The molecule has 1 N–H and O–H groups in total. The summed E-state index contributed by atoms with van der Waals surface area (Å²) in [6, 6.07) is 18.7. The monoisotopic (exact) mass is 545 g/mol. The molecule has 0 fully saturated rings. The van der Waals surface area contributed by atoms with Gasteiger partial charge in [0.05, 0.1) is 31.1 Å². The Morgan fingerprint density at radius 2 is 1.76 bits per heavy atom. The number of aliphatic imine (C=N–C) groups is 1. The predicted octanol–water partition coefficient (Wildman–Crippen LogP) is 5.88. The van der Waals surface area contributed by atoms with E-state index in [9.17, 15) is 9.59 Å². The molecular formula is C28H20ClN3O5S. The van der Waals surface area contributed by atoms with Gasteiger partial charge in [-0.25, -0.2) is 4.79 Å². The third-order valence-corrected chi connectivity index (χ3v) is 6.94. The van der Waals surface area contributed by atoms with Gasteiger partial charge in [-0.15, -0.1) is 0 Å². The van der Waals surface area contributed by atoms with E-state index in [1.54, 1.807) is 53.4 Å². The van der Waals surface area contributed by atoms with Gasteiger partial charge in [0.2, 0.25) is 0 Å². The molecule has 0 atom stereocenters. The Hall–Kier alpha value is -4.34. The number of methoxy groups -OCH3 is 2. The number of fused-ring (bicyclic) bond motifs is 1. The zero-order chi connectivity index (χ0) is 26.8. The number of carbonyl (C=O) groups excluding carboxylic acids is 2.